The molecule has 0 radical (unpaired) electrons. The summed E-state index contributed by atoms with van der Waals surface area (Å²) in [6.45, 7) is 3.38. The van der Waals surface area contributed by atoms with E-state index in [1.54, 1.807) is 0 Å². The number of anilines is 1. The third-order valence-electron chi connectivity index (χ3n) is 3.87. The van der Waals surface area contributed by atoms with Crippen LogP contribution in [0.3, 0.4) is 0 Å². The van der Waals surface area contributed by atoms with Crippen molar-refractivity contribution < 1.29 is 4.74 Å². The van der Waals surface area contributed by atoms with Gasteiger partial charge >= 0.3 is 0 Å². The molecule has 2 rings (SSSR count). The molecule has 2 N–H and O–H groups in total. The number of ether oxygens (including phenoxy) is 1. The van der Waals surface area contributed by atoms with Crippen LogP contribution >= 0.6 is 0 Å². The highest BCUT2D eigenvalue weighted by Gasteiger charge is 2.11. The van der Waals surface area contributed by atoms with Crippen LogP contribution in [0.15, 0.2) is 48.5 Å². The van der Waals surface area contributed by atoms with Gasteiger partial charge in [-0.3, -0.25) is 0 Å². The highest BCUT2D eigenvalue weighted by molar-refractivity contribution is 5.48. The van der Waals surface area contributed by atoms with Crippen LogP contribution in [0, 0.1) is 6.92 Å². The maximum absolute atomic E-state index is 5.97. The lowest BCUT2D eigenvalue weighted by molar-refractivity contribution is 0.298. The molecule has 3 heteroatoms. The van der Waals surface area contributed by atoms with Gasteiger partial charge in [0.25, 0.3) is 0 Å². The summed E-state index contributed by atoms with van der Waals surface area (Å²) >= 11 is 0. The molecule has 118 valence electrons. The van der Waals surface area contributed by atoms with Crippen LogP contribution in [0.5, 0.6) is 5.75 Å². The average Bonchev–Trinajstić information content (AvgIpc) is 2.52. The van der Waals surface area contributed by atoms with Crippen LogP contribution < -0.4 is 15.4 Å². The van der Waals surface area contributed by atoms with E-state index >= 15 is 0 Å². The van der Waals surface area contributed by atoms with Gasteiger partial charge in [-0.05, 0) is 61.2 Å². The van der Waals surface area contributed by atoms with Crippen LogP contribution in [0.2, 0.25) is 0 Å². The van der Waals surface area contributed by atoms with Gasteiger partial charge in [0.1, 0.15) is 5.75 Å². The van der Waals surface area contributed by atoms with Gasteiger partial charge < -0.3 is 15.4 Å². The molecule has 1 unspecified atom stereocenters. The Kier molecular flexibility index (Phi) is 5.84. The lowest BCUT2D eigenvalue weighted by Crippen LogP contribution is -2.16. The highest BCUT2D eigenvalue weighted by Crippen LogP contribution is 2.23. The van der Waals surface area contributed by atoms with Gasteiger partial charge in [-0.1, -0.05) is 24.3 Å². The quantitative estimate of drug-likeness (QED) is 0.849. The zero-order chi connectivity index (χ0) is 15.9. The predicted molar refractivity (Wildman–Crippen MR) is 93.9 cm³/mol. The van der Waals surface area contributed by atoms with Crippen molar-refractivity contribution in [2.75, 3.05) is 32.1 Å². The van der Waals surface area contributed by atoms with Gasteiger partial charge in [-0.25, -0.2) is 0 Å². The maximum atomic E-state index is 5.97. The minimum absolute atomic E-state index is 0.324. The van der Waals surface area contributed by atoms with Crippen molar-refractivity contribution in [3.63, 3.8) is 0 Å². The van der Waals surface area contributed by atoms with Crippen molar-refractivity contribution in [1.29, 1.82) is 0 Å². The van der Waals surface area contributed by atoms with E-state index in [0.29, 0.717) is 19.1 Å². The number of hydrogen-bond donors (Lipinski definition) is 1. The second-order valence-corrected chi connectivity index (χ2v) is 5.88. The Bertz CT molecular complexity index is 595. The second-order valence-electron chi connectivity index (χ2n) is 5.88. The molecule has 2 aromatic rings. The van der Waals surface area contributed by atoms with E-state index in [2.05, 4.69) is 62.3 Å². The zero-order valence-electron chi connectivity index (χ0n) is 13.8. The minimum Gasteiger partial charge on any atom is -0.494 e. The summed E-state index contributed by atoms with van der Waals surface area (Å²) in [7, 11) is 4.11. The molecule has 2 aromatic carbocycles. The van der Waals surface area contributed by atoms with Gasteiger partial charge in [-0.15, -0.1) is 0 Å². The summed E-state index contributed by atoms with van der Waals surface area (Å²) in [6.07, 6.45) is 0.918. The third kappa shape index (κ3) is 4.50. The summed E-state index contributed by atoms with van der Waals surface area (Å²) < 4.78 is 5.85. The van der Waals surface area contributed by atoms with Gasteiger partial charge in [0.2, 0.25) is 0 Å². The SMILES string of the molecule is Cc1cccc(OCCC(CN)c2cccc(N(C)C)c2)c1. The minimum atomic E-state index is 0.324. The van der Waals surface area contributed by atoms with E-state index in [-0.39, 0.29) is 0 Å². The Hall–Kier alpha value is -2.00. The number of nitrogens with zero attached hydrogens (tertiary/aromatic N) is 1. The average molecular weight is 298 g/mol. The molecule has 0 aliphatic carbocycles. The van der Waals surface area contributed by atoms with Crippen molar-refractivity contribution >= 4 is 5.69 Å². The van der Waals surface area contributed by atoms with E-state index in [9.17, 15) is 0 Å². The van der Waals surface area contributed by atoms with Crippen LogP contribution in [0.4, 0.5) is 5.69 Å². The van der Waals surface area contributed by atoms with Crippen molar-refractivity contribution in [3.05, 3.63) is 59.7 Å². The van der Waals surface area contributed by atoms with Crippen LogP contribution in [0.25, 0.3) is 0 Å². The number of aryl methyl sites for hydroxylation is 1. The first-order valence-corrected chi connectivity index (χ1v) is 7.77. The van der Waals surface area contributed by atoms with Crippen LogP contribution in [-0.2, 0) is 0 Å². The molecule has 0 heterocycles. The molecule has 0 bridgehead atoms. The van der Waals surface area contributed by atoms with Crippen molar-refractivity contribution in [1.82, 2.24) is 0 Å². The van der Waals surface area contributed by atoms with Gasteiger partial charge in [0.15, 0.2) is 0 Å². The first-order valence-electron chi connectivity index (χ1n) is 7.77. The molecule has 22 heavy (non-hydrogen) atoms. The third-order valence-corrected chi connectivity index (χ3v) is 3.87. The fourth-order valence-corrected chi connectivity index (χ4v) is 2.50. The van der Waals surface area contributed by atoms with Gasteiger partial charge in [0.05, 0.1) is 6.61 Å². The molecule has 3 nitrogen and oxygen atoms in total. The molecule has 0 saturated carbocycles. The topological polar surface area (TPSA) is 38.5 Å². The first kappa shape index (κ1) is 16.4. The van der Waals surface area contributed by atoms with Crippen molar-refractivity contribution in [3.8, 4) is 5.75 Å². The Morgan fingerprint density at radius 1 is 1.09 bits per heavy atom. The second kappa shape index (κ2) is 7.85. The highest BCUT2D eigenvalue weighted by atomic mass is 16.5. The van der Waals surface area contributed by atoms with Crippen LogP contribution in [-0.4, -0.2) is 27.2 Å². The number of nitrogens with two attached hydrogens (primary N) is 1. The van der Waals surface area contributed by atoms with Crippen molar-refractivity contribution in [2.24, 2.45) is 5.73 Å². The molecule has 0 spiro atoms. The van der Waals surface area contributed by atoms with Crippen LogP contribution in [0.1, 0.15) is 23.5 Å². The number of benzene rings is 2. The van der Waals surface area contributed by atoms with Gasteiger partial charge in [0, 0.05) is 19.8 Å². The molecular weight excluding hydrogens is 272 g/mol. The predicted octanol–water partition coefficient (Wildman–Crippen LogP) is 3.57. The molecule has 1 atom stereocenters. The molecule has 0 aliphatic heterocycles. The maximum Gasteiger partial charge on any atom is 0.119 e. The van der Waals surface area contributed by atoms with Gasteiger partial charge in [-0.2, -0.15) is 0 Å². The molecule has 0 aromatic heterocycles. The lowest BCUT2D eigenvalue weighted by atomic mass is 9.95. The summed E-state index contributed by atoms with van der Waals surface area (Å²) in [6, 6.07) is 16.7. The Balaban J connectivity index is 1.96. The molecular formula is C19H26N2O. The monoisotopic (exact) mass is 298 g/mol. The number of hydrogen-bond acceptors (Lipinski definition) is 3. The fourth-order valence-electron chi connectivity index (χ4n) is 2.50. The smallest absolute Gasteiger partial charge is 0.119 e. The molecule has 0 saturated heterocycles. The van der Waals surface area contributed by atoms with E-state index < -0.39 is 0 Å². The largest absolute Gasteiger partial charge is 0.494 e. The van der Waals surface area contributed by atoms with E-state index in [4.69, 9.17) is 10.5 Å². The van der Waals surface area contributed by atoms with E-state index in [0.717, 1.165) is 12.2 Å². The normalized spacial score (nSPS) is 12.0. The Morgan fingerprint density at radius 3 is 2.55 bits per heavy atom. The molecule has 0 aliphatic rings. The summed E-state index contributed by atoms with van der Waals surface area (Å²) in [5, 5.41) is 0. The lowest BCUT2D eigenvalue weighted by Gasteiger charge is -2.19. The summed E-state index contributed by atoms with van der Waals surface area (Å²) in [4.78, 5) is 2.11. The summed E-state index contributed by atoms with van der Waals surface area (Å²) in [5.41, 5.74) is 9.66. The molecule has 0 fully saturated rings. The summed E-state index contributed by atoms with van der Waals surface area (Å²) in [5.74, 6) is 1.25. The van der Waals surface area contributed by atoms with E-state index in [1.165, 1.54) is 16.8 Å². The number of rotatable bonds is 7. The Morgan fingerprint density at radius 2 is 1.86 bits per heavy atom. The Labute approximate surface area is 133 Å². The van der Waals surface area contributed by atoms with Crippen molar-refractivity contribution in [2.45, 2.75) is 19.3 Å². The molecule has 0 amide bonds. The standard InChI is InChI=1S/C19H26N2O/c1-15-6-4-9-19(12-15)22-11-10-17(14-20)16-7-5-8-18(13-16)21(2)3/h4-9,12-13,17H,10-11,14,20H2,1-3H3. The first-order chi connectivity index (χ1) is 10.6. The van der Waals surface area contributed by atoms with E-state index in [1.807, 2.05) is 12.1 Å². The zero-order valence-corrected chi connectivity index (χ0v) is 13.8. The fraction of sp³-hybridized carbons (Fsp3) is 0.368.